The number of hydrogen-bond acceptors (Lipinski definition) is 6. The van der Waals surface area contributed by atoms with E-state index >= 15 is 0 Å². The smallest absolute Gasteiger partial charge is 0.335 e. The topological polar surface area (TPSA) is 123 Å². The zero-order valence-corrected chi connectivity index (χ0v) is 22.7. The Kier molecular flexibility index (Phi) is 5.90. The number of imide groups is 2. The molecular formula is C31H26ClN3O6. The first-order valence-corrected chi connectivity index (χ1v) is 14.1. The number of benzene rings is 2. The molecule has 5 aliphatic rings. The summed E-state index contributed by atoms with van der Waals surface area (Å²) in [6.45, 7) is 0. The molecular weight excluding hydrogens is 546 g/mol. The van der Waals surface area contributed by atoms with Crippen LogP contribution in [0.2, 0.25) is 5.02 Å². The van der Waals surface area contributed by atoms with Gasteiger partial charge in [0.05, 0.1) is 10.6 Å². The number of hydrogen-bond donors (Lipinski definition) is 1. The standard InChI is InChI=1S/C31H26ClN3O6/c32-25-7-1-20(12-26(25)35(39)40)27-8-6-23(41-27)13-24-28(36)33-30(38)34(29(24)37)22-4-2-21(3-5-22)31-14-17-9-18(15-31)11-19(10-17)16-31/h1-8,12-13,17-19H,9-11,14-16H2,(H,33,36,38)/b24-13-. The van der Waals surface area contributed by atoms with Gasteiger partial charge in [0.1, 0.15) is 22.1 Å². The minimum Gasteiger partial charge on any atom is -0.457 e. The molecule has 0 unspecified atom stereocenters. The summed E-state index contributed by atoms with van der Waals surface area (Å²) in [5.41, 5.74) is 1.70. The molecule has 1 aliphatic heterocycles. The average Bonchev–Trinajstić information content (AvgIpc) is 3.39. The first-order chi connectivity index (χ1) is 19.7. The quantitative estimate of drug-likeness (QED) is 0.158. The second kappa shape index (κ2) is 9.41. The molecule has 0 radical (unpaired) electrons. The van der Waals surface area contributed by atoms with Gasteiger partial charge < -0.3 is 4.42 Å². The van der Waals surface area contributed by atoms with Crippen LogP contribution in [0.1, 0.15) is 49.8 Å². The third-order valence-corrected chi connectivity index (χ3v) is 9.54. The lowest BCUT2D eigenvalue weighted by atomic mass is 9.48. The Hall–Kier alpha value is -4.24. The molecule has 0 spiro atoms. The van der Waals surface area contributed by atoms with Crippen LogP contribution in [0.15, 0.2) is 64.6 Å². The molecule has 3 aromatic rings. The number of carbonyl (C=O) groups is 3. The van der Waals surface area contributed by atoms with E-state index in [1.807, 2.05) is 12.1 Å². The highest BCUT2D eigenvalue weighted by molar-refractivity contribution is 6.39. The number of rotatable bonds is 5. The van der Waals surface area contributed by atoms with Crippen molar-refractivity contribution in [3.8, 4) is 11.3 Å². The summed E-state index contributed by atoms with van der Waals surface area (Å²) in [7, 11) is 0. The van der Waals surface area contributed by atoms with Crippen molar-refractivity contribution in [1.29, 1.82) is 0 Å². The van der Waals surface area contributed by atoms with E-state index in [0.29, 0.717) is 11.3 Å². The molecule has 1 N–H and O–H groups in total. The van der Waals surface area contributed by atoms with Gasteiger partial charge in [-0.05, 0) is 110 Å². The molecule has 2 aromatic carbocycles. The first kappa shape index (κ1) is 25.7. The number of nitro benzene ring substituents is 1. The van der Waals surface area contributed by atoms with Crippen molar-refractivity contribution in [3.05, 3.63) is 86.6 Å². The number of anilines is 1. The lowest BCUT2D eigenvalue weighted by Gasteiger charge is -2.57. The Morgan fingerprint density at radius 2 is 1.61 bits per heavy atom. The minimum atomic E-state index is -0.832. The van der Waals surface area contributed by atoms with Crippen molar-refractivity contribution >= 4 is 46.9 Å². The lowest BCUT2D eigenvalue weighted by molar-refractivity contribution is -0.384. The van der Waals surface area contributed by atoms with Crippen molar-refractivity contribution in [2.75, 3.05) is 4.90 Å². The van der Waals surface area contributed by atoms with E-state index < -0.39 is 22.8 Å². The minimum absolute atomic E-state index is 0.00662. The molecule has 0 atom stereocenters. The van der Waals surface area contributed by atoms with Crippen LogP contribution in [-0.4, -0.2) is 22.8 Å². The van der Waals surface area contributed by atoms with Gasteiger partial charge in [-0.25, -0.2) is 9.69 Å². The largest absolute Gasteiger partial charge is 0.457 e. The molecule has 2 heterocycles. The summed E-state index contributed by atoms with van der Waals surface area (Å²) in [5.74, 6) is 1.25. The molecule has 4 amide bonds. The molecule has 4 aliphatic carbocycles. The van der Waals surface area contributed by atoms with Crippen LogP contribution in [0.3, 0.4) is 0 Å². The number of furan rings is 1. The van der Waals surface area contributed by atoms with E-state index in [4.69, 9.17) is 16.0 Å². The number of nitrogens with one attached hydrogen (secondary N) is 1. The molecule has 5 fully saturated rings. The number of nitrogens with zero attached hydrogens (tertiary/aromatic N) is 2. The molecule has 1 saturated heterocycles. The highest BCUT2D eigenvalue weighted by Gasteiger charge is 2.51. The Morgan fingerprint density at radius 1 is 0.951 bits per heavy atom. The summed E-state index contributed by atoms with van der Waals surface area (Å²) >= 11 is 5.90. The van der Waals surface area contributed by atoms with E-state index in [1.54, 1.807) is 24.3 Å². The third kappa shape index (κ3) is 4.35. The number of nitro groups is 1. The zero-order valence-electron chi connectivity index (χ0n) is 22.0. The third-order valence-electron chi connectivity index (χ3n) is 9.22. The molecule has 1 aromatic heterocycles. The maximum Gasteiger partial charge on any atom is 0.335 e. The van der Waals surface area contributed by atoms with E-state index in [0.717, 1.165) is 22.7 Å². The van der Waals surface area contributed by atoms with Gasteiger partial charge in [0.25, 0.3) is 17.5 Å². The summed E-state index contributed by atoms with van der Waals surface area (Å²) in [5, 5.41) is 13.5. The summed E-state index contributed by atoms with van der Waals surface area (Å²) in [6, 6.07) is 14.2. The van der Waals surface area contributed by atoms with Gasteiger partial charge in [-0.3, -0.25) is 25.0 Å². The van der Waals surface area contributed by atoms with Crippen molar-refractivity contribution in [1.82, 2.24) is 5.32 Å². The Morgan fingerprint density at radius 3 is 2.24 bits per heavy atom. The van der Waals surface area contributed by atoms with Crippen LogP contribution < -0.4 is 10.2 Å². The molecule has 4 saturated carbocycles. The number of urea groups is 1. The van der Waals surface area contributed by atoms with Crippen LogP contribution in [0.25, 0.3) is 17.4 Å². The van der Waals surface area contributed by atoms with Gasteiger partial charge in [-0.15, -0.1) is 0 Å². The van der Waals surface area contributed by atoms with Gasteiger partial charge in [-0.1, -0.05) is 23.7 Å². The second-order valence-corrected chi connectivity index (χ2v) is 12.2. The fraction of sp³-hybridized carbons (Fsp3) is 0.323. The Bertz CT molecular complexity index is 1620. The summed E-state index contributed by atoms with van der Waals surface area (Å²) < 4.78 is 5.77. The number of halogens is 1. The van der Waals surface area contributed by atoms with Crippen LogP contribution >= 0.6 is 11.6 Å². The van der Waals surface area contributed by atoms with Gasteiger partial charge in [0.15, 0.2) is 0 Å². The SMILES string of the molecule is O=C1NC(=O)N(c2ccc(C34CC5CC(CC(C5)C3)C4)cc2)C(=O)/C1=C\c1ccc(-c2ccc(Cl)c([N+](=O)[O-])c2)o1. The van der Waals surface area contributed by atoms with Crippen LogP contribution in [0, 0.1) is 27.9 Å². The molecule has 41 heavy (non-hydrogen) atoms. The first-order valence-electron chi connectivity index (χ1n) is 13.8. The fourth-order valence-electron chi connectivity index (χ4n) is 7.85. The normalized spacial score (nSPS) is 27.9. The van der Waals surface area contributed by atoms with Gasteiger partial charge >= 0.3 is 6.03 Å². The lowest BCUT2D eigenvalue weighted by Crippen LogP contribution is -2.54. The van der Waals surface area contributed by atoms with E-state index in [2.05, 4.69) is 5.32 Å². The molecule has 10 heteroatoms. The average molecular weight is 572 g/mol. The number of carbonyl (C=O) groups excluding carboxylic acids is 3. The molecule has 208 valence electrons. The highest BCUT2D eigenvalue weighted by Crippen LogP contribution is 2.60. The Balaban J connectivity index is 1.15. The van der Waals surface area contributed by atoms with Gasteiger partial charge in [0.2, 0.25) is 0 Å². The monoisotopic (exact) mass is 571 g/mol. The Labute approximate surface area is 240 Å². The van der Waals surface area contributed by atoms with Crippen molar-refractivity contribution in [3.63, 3.8) is 0 Å². The molecule has 4 bridgehead atoms. The van der Waals surface area contributed by atoms with Gasteiger partial charge in [-0.2, -0.15) is 0 Å². The number of barbiturate groups is 1. The fourth-order valence-corrected chi connectivity index (χ4v) is 8.04. The predicted molar refractivity (Wildman–Crippen MR) is 151 cm³/mol. The molecule has 9 nitrogen and oxygen atoms in total. The molecule has 8 rings (SSSR count). The van der Waals surface area contributed by atoms with Crippen LogP contribution in [-0.2, 0) is 15.0 Å². The summed E-state index contributed by atoms with van der Waals surface area (Å²) in [6.07, 6.45) is 8.92. The second-order valence-electron chi connectivity index (χ2n) is 11.8. The maximum atomic E-state index is 13.4. The van der Waals surface area contributed by atoms with E-state index in [9.17, 15) is 24.5 Å². The summed E-state index contributed by atoms with van der Waals surface area (Å²) in [4.78, 5) is 50.5. The zero-order chi connectivity index (χ0) is 28.5. The van der Waals surface area contributed by atoms with Crippen molar-refractivity contribution < 1.29 is 23.7 Å². The van der Waals surface area contributed by atoms with E-state index in [-0.39, 0.29) is 33.2 Å². The predicted octanol–water partition coefficient (Wildman–Crippen LogP) is 6.64. The number of amides is 4. The van der Waals surface area contributed by atoms with Crippen LogP contribution in [0.4, 0.5) is 16.2 Å². The van der Waals surface area contributed by atoms with Crippen molar-refractivity contribution in [2.24, 2.45) is 17.8 Å². The van der Waals surface area contributed by atoms with E-state index in [1.165, 1.54) is 68.4 Å². The maximum absolute atomic E-state index is 13.4. The highest BCUT2D eigenvalue weighted by atomic mass is 35.5. The van der Waals surface area contributed by atoms with Gasteiger partial charge in [0, 0.05) is 11.6 Å². The van der Waals surface area contributed by atoms with Crippen LogP contribution in [0.5, 0.6) is 0 Å². The van der Waals surface area contributed by atoms with Crippen molar-refractivity contribution in [2.45, 2.75) is 43.9 Å².